The Morgan fingerprint density at radius 1 is 1.11 bits per heavy atom. The van der Waals surface area contributed by atoms with Crippen molar-refractivity contribution < 1.29 is 14.3 Å². The summed E-state index contributed by atoms with van der Waals surface area (Å²) in [6.45, 7) is 8.15. The Morgan fingerprint density at radius 3 is 2.50 bits per heavy atom. The third-order valence-corrected chi connectivity index (χ3v) is 7.23. The summed E-state index contributed by atoms with van der Waals surface area (Å²) in [5, 5.41) is 4.77. The van der Waals surface area contributed by atoms with E-state index in [1.165, 1.54) is 0 Å². The van der Waals surface area contributed by atoms with Crippen LogP contribution in [-0.2, 0) is 9.53 Å². The van der Waals surface area contributed by atoms with Crippen LogP contribution < -0.4 is 4.90 Å². The van der Waals surface area contributed by atoms with Crippen LogP contribution in [0.25, 0.3) is 22.6 Å². The molecule has 1 saturated carbocycles. The first-order valence-corrected chi connectivity index (χ1v) is 13.3. The van der Waals surface area contributed by atoms with Gasteiger partial charge in [-0.3, -0.25) is 14.7 Å². The Morgan fingerprint density at radius 2 is 1.84 bits per heavy atom. The monoisotopic (exact) mass is 514 g/mol. The summed E-state index contributed by atoms with van der Waals surface area (Å²) >= 11 is 0. The van der Waals surface area contributed by atoms with Gasteiger partial charge in [0.25, 0.3) is 0 Å². The molecule has 5 rings (SSSR count). The number of carbonyl (C=O) groups is 2. The fourth-order valence-electron chi connectivity index (χ4n) is 5.10. The zero-order chi connectivity index (χ0) is 26.8. The number of rotatable bonds is 7. The number of benzene rings is 1. The van der Waals surface area contributed by atoms with Crippen LogP contribution in [0.2, 0.25) is 0 Å². The molecule has 0 saturated heterocycles. The molecule has 0 N–H and O–H groups in total. The number of hydrogen-bond acceptors (Lipinski definition) is 6. The van der Waals surface area contributed by atoms with Crippen LogP contribution in [0.1, 0.15) is 63.7 Å². The number of ether oxygens (including phenoxy) is 1. The molecule has 0 radical (unpaired) electrons. The number of aromatic nitrogens is 5. The molecular formula is C29H34N6O3. The van der Waals surface area contributed by atoms with Gasteiger partial charge < -0.3 is 9.14 Å². The van der Waals surface area contributed by atoms with E-state index in [0.29, 0.717) is 11.7 Å². The molecule has 1 fully saturated rings. The van der Waals surface area contributed by atoms with E-state index in [0.717, 1.165) is 48.3 Å². The fourth-order valence-corrected chi connectivity index (χ4v) is 5.10. The minimum atomic E-state index is -0.487. The van der Waals surface area contributed by atoms with Gasteiger partial charge in [-0.1, -0.05) is 19.1 Å². The maximum absolute atomic E-state index is 13.7. The number of esters is 1. The summed E-state index contributed by atoms with van der Waals surface area (Å²) in [7, 11) is 0. The second-order valence-corrected chi connectivity index (χ2v) is 10.3. The summed E-state index contributed by atoms with van der Waals surface area (Å²) in [5.74, 6) is 0.465. The third-order valence-electron chi connectivity index (χ3n) is 7.23. The van der Waals surface area contributed by atoms with E-state index in [1.54, 1.807) is 35.1 Å². The Kier molecular flexibility index (Phi) is 7.26. The van der Waals surface area contributed by atoms with Gasteiger partial charge in [-0.2, -0.15) is 0 Å². The normalized spacial score (nSPS) is 17.6. The molecule has 1 aliphatic carbocycles. The summed E-state index contributed by atoms with van der Waals surface area (Å²) in [6.07, 6.45) is 12.7. The molecule has 0 spiro atoms. The average molecular weight is 515 g/mol. The highest BCUT2D eigenvalue weighted by Crippen LogP contribution is 2.33. The standard InChI is InChI=1S/C29H34N6O3/c1-5-38-29(37)24-17-34(32-27(24)35(19(2)3)28(36)22-8-6-20(4)7-9-22)23-12-10-21(11-13-23)25-18-33-15-14-30-16-26(33)31-25/h10-20,22H,5-9H2,1-4H3/t20-,22-. The number of imidazole rings is 1. The molecular weight excluding hydrogens is 480 g/mol. The van der Waals surface area contributed by atoms with Crippen molar-refractivity contribution in [1.82, 2.24) is 24.1 Å². The quantitative estimate of drug-likeness (QED) is 0.310. The van der Waals surface area contributed by atoms with Crippen LogP contribution in [0.15, 0.2) is 55.2 Å². The molecule has 1 aromatic carbocycles. The Balaban J connectivity index is 1.48. The molecule has 1 aliphatic rings. The van der Waals surface area contributed by atoms with E-state index >= 15 is 0 Å². The van der Waals surface area contributed by atoms with E-state index in [4.69, 9.17) is 9.84 Å². The third kappa shape index (κ3) is 5.05. The van der Waals surface area contributed by atoms with E-state index in [1.807, 2.05) is 54.9 Å². The van der Waals surface area contributed by atoms with Crippen molar-refractivity contribution in [3.63, 3.8) is 0 Å². The lowest BCUT2D eigenvalue weighted by Crippen LogP contribution is -2.43. The molecule has 9 heteroatoms. The molecule has 9 nitrogen and oxygen atoms in total. The molecule has 4 aromatic rings. The largest absolute Gasteiger partial charge is 0.462 e. The average Bonchev–Trinajstić information content (AvgIpc) is 3.54. The summed E-state index contributed by atoms with van der Waals surface area (Å²) in [4.78, 5) is 37.1. The molecule has 1 amide bonds. The van der Waals surface area contributed by atoms with Gasteiger partial charge >= 0.3 is 5.97 Å². The molecule has 3 heterocycles. The first kappa shape index (κ1) is 25.6. The minimum Gasteiger partial charge on any atom is -0.462 e. The molecule has 3 aromatic heterocycles. The zero-order valence-corrected chi connectivity index (χ0v) is 22.4. The molecule has 38 heavy (non-hydrogen) atoms. The highest BCUT2D eigenvalue weighted by Gasteiger charge is 2.34. The van der Waals surface area contributed by atoms with E-state index < -0.39 is 5.97 Å². The van der Waals surface area contributed by atoms with E-state index in [2.05, 4.69) is 16.9 Å². The number of hydrogen-bond donors (Lipinski definition) is 0. The van der Waals surface area contributed by atoms with Gasteiger partial charge in [0.05, 0.1) is 24.2 Å². The number of fused-ring (bicyclic) bond motifs is 1. The predicted molar refractivity (Wildman–Crippen MR) is 145 cm³/mol. The lowest BCUT2D eigenvalue weighted by atomic mass is 9.82. The Bertz CT molecular complexity index is 1400. The van der Waals surface area contributed by atoms with Gasteiger partial charge in [-0.05, 0) is 64.5 Å². The maximum Gasteiger partial charge on any atom is 0.343 e. The molecule has 0 bridgehead atoms. The number of carbonyl (C=O) groups excluding carboxylic acids is 2. The van der Waals surface area contributed by atoms with Gasteiger partial charge in [0.2, 0.25) is 5.91 Å². The van der Waals surface area contributed by atoms with Crippen molar-refractivity contribution in [3.8, 4) is 16.9 Å². The van der Waals surface area contributed by atoms with Crippen LogP contribution in [0.3, 0.4) is 0 Å². The summed E-state index contributed by atoms with van der Waals surface area (Å²) in [6, 6.07) is 7.61. The van der Waals surface area contributed by atoms with Crippen molar-refractivity contribution in [2.75, 3.05) is 11.5 Å². The van der Waals surface area contributed by atoms with Crippen molar-refractivity contribution in [3.05, 3.63) is 60.8 Å². The molecule has 0 aliphatic heterocycles. The van der Waals surface area contributed by atoms with E-state index in [9.17, 15) is 9.59 Å². The van der Waals surface area contributed by atoms with Crippen LogP contribution in [-0.4, -0.2) is 48.7 Å². The van der Waals surface area contributed by atoms with Crippen LogP contribution >= 0.6 is 0 Å². The molecule has 0 unspecified atom stereocenters. The number of anilines is 1. The minimum absolute atomic E-state index is 0.0272. The van der Waals surface area contributed by atoms with Crippen LogP contribution in [0.5, 0.6) is 0 Å². The molecule has 198 valence electrons. The second kappa shape index (κ2) is 10.8. The smallest absolute Gasteiger partial charge is 0.343 e. The van der Waals surface area contributed by atoms with Crippen molar-refractivity contribution in [2.24, 2.45) is 11.8 Å². The lowest BCUT2D eigenvalue weighted by molar-refractivity contribution is -0.124. The first-order valence-electron chi connectivity index (χ1n) is 13.3. The zero-order valence-electron chi connectivity index (χ0n) is 22.4. The second-order valence-electron chi connectivity index (χ2n) is 10.3. The lowest BCUT2D eigenvalue weighted by Gasteiger charge is -2.32. The molecule has 0 atom stereocenters. The SMILES string of the molecule is CCOC(=O)c1cn(-c2ccc(-c3cn4ccncc4n3)cc2)nc1N(C(=O)[C@H]1CC[C@H](C)CC1)C(C)C. The summed E-state index contributed by atoms with van der Waals surface area (Å²) in [5.41, 5.74) is 3.60. The van der Waals surface area contributed by atoms with Crippen LogP contribution in [0.4, 0.5) is 5.82 Å². The van der Waals surface area contributed by atoms with Gasteiger partial charge in [0.1, 0.15) is 5.56 Å². The maximum atomic E-state index is 13.7. The number of nitrogens with zero attached hydrogens (tertiary/aromatic N) is 6. The Labute approximate surface area is 222 Å². The Hall–Kier alpha value is -4.01. The van der Waals surface area contributed by atoms with Crippen molar-refractivity contribution >= 4 is 23.3 Å². The highest BCUT2D eigenvalue weighted by atomic mass is 16.5. The summed E-state index contributed by atoms with van der Waals surface area (Å²) < 4.78 is 8.91. The van der Waals surface area contributed by atoms with Gasteiger partial charge in [0.15, 0.2) is 11.5 Å². The first-order chi connectivity index (χ1) is 18.4. The highest BCUT2D eigenvalue weighted by molar-refractivity contribution is 6.02. The van der Waals surface area contributed by atoms with E-state index in [-0.39, 0.29) is 30.0 Å². The predicted octanol–water partition coefficient (Wildman–Crippen LogP) is 5.33. The topological polar surface area (TPSA) is 94.6 Å². The fraction of sp³-hybridized carbons (Fsp3) is 0.414. The number of amides is 1. The van der Waals surface area contributed by atoms with Crippen molar-refractivity contribution in [1.29, 1.82) is 0 Å². The van der Waals surface area contributed by atoms with Crippen LogP contribution in [0, 0.1) is 11.8 Å². The van der Waals surface area contributed by atoms with Gasteiger partial charge in [-0.25, -0.2) is 14.5 Å². The van der Waals surface area contributed by atoms with Gasteiger partial charge in [-0.15, -0.1) is 5.10 Å². The van der Waals surface area contributed by atoms with Crippen molar-refractivity contribution in [2.45, 2.75) is 59.4 Å². The van der Waals surface area contributed by atoms with Gasteiger partial charge in [0, 0.05) is 42.3 Å².